The lowest BCUT2D eigenvalue weighted by molar-refractivity contribution is -0.101. The molecule has 16 heavy (non-hydrogen) atoms. The summed E-state index contributed by atoms with van der Waals surface area (Å²) >= 11 is 1.84. The number of ether oxygens (including phenoxy) is 2. The summed E-state index contributed by atoms with van der Waals surface area (Å²) in [5.41, 5.74) is 1.34. The van der Waals surface area contributed by atoms with Crippen molar-refractivity contribution in [3.8, 4) is 0 Å². The van der Waals surface area contributed by atoms with Crippen molar-refractivity contribution in [2.75, 3.05) is 26.9 Å². The van der Waals surface area contributed by atoms with Crippen molar-refractivity contribution in [3.63, 3.8) is 0 Å². The fraction of sp³-hybridized carbons (Fsp3) is 0.667. The molecule has 3 nitrogen and oxygen atoms in total. The SMILES string of the molecule is CNC(c1sc(C)cc1C)C1COCCO1. The first kappa shape index (κ1) is 12.0. The monoisotopic (exact) mass is 241 g/mol. The van der Waals surface area contributed by atoms with Gasteiger partial charge in [0.05, 0.1) is 25.9 Å². The minimum absolute atomic E-state index is 0.135. The molecular weight excluding hydrogens is 222 g/mol. The van der Waals surface area contributed by atoms with E-state index in [1.54, 1.807) is 0 Å². The van der Waals surface area contributed by atoms with Crippen LogP contribution in [-0.2, 0) is 9.47 Å². The van der Waals surface area contributed by atoms with Gasteiger partial charge in [0.25, 0.3) is 0 Å². The molecule has 1 saturated heterocycles. The third kappa shape index (κ3) is 2.46. The van der Waals surface area contributed by atoms with Crippen molar-refractivity contribution in [1.29, 1.82) is 0 Å². The zero-order valence-corrected chi connectivity index (χ0v) is 10.9. The minimum atomic E-state index is 0.135. The molecule has 0 saturated carbocycles. The summed E-state index contributed by atoms with van der Waals surface area (Å²) in [7, 11) is 1.98. The Balaban J connectivity index is 2.17. The highest BCUT2D eigenvalue weighted by Gasteiger charge is 2.27. The molecule has 2 rings (SSSR count). The second-order valence-corrected chi connectivity index (χ2v) is 5.44. The number of thiophene rings is 1. The predicted octanol–water partition coefficient (Wildman–Crippen LogP) is 2.04. The lowest BCUT2D eigenvalue weighted by atomic mass is 10.1. The van der Waals surface area contributed by atoms with Crippen molar-refractivity contribution >= 4 is 11.3 Å². The van der Waals surface area contributed by atoms with Crippen LogP contribution in [0, 0.1) is 13.8 Å². The summed E-state index contributed by atoms with van der Waals surface area (Å²) in [6, 6.07) is 2.48. The quantitative estimate of drug-likeness (QED) is 0.878. The number of hydrogen-bond donors (Lipinski definition) is 1. The molecule has 1 fully saturated rings. The summed E-state index contributed by atoms with van der Waals surface area (Å²) in [4.78, 5) is 2.72. The maximum absolute atomic E-state index is 5.77. The molecule has 0 aliphatic carbocycles. The fourth-order valence-corrected chi connectivity index (χ4v) is 3.35. The van der Waals surface area contributed by atoms with E-state index in [0.717, 1.165) is 6.61 Å². The highest BCUT2D eigenvalue weighted by atomic mass is 32.1. The van der Waals surface area contributed by atoms with E-state index in [-0.39, 0.29) is 12.1 Å². The third-order valence-electron chi connectivity index (χ3n) is 2.89. The molecule has 1 aromatic heterocycles. The predicted molar refractivity (Wildman–Crippen MR) is 66.2 cm³/mol. The van der Waals surface area contributed by atoms with E-state index >= 15 is 0 Å². The molecule has 2 atom stereocenters. The molecule has 0 radical (unpaired) electrons. The van der Waals surface area contributed by atoms with Crippen LogP contribution >= 0.6 is 11.3 Å². The van der Waals surface area contributed by atoms with Crippen LogP contribution in [0.2, 0.25) is 0 Å². The Bertz CT molecular complexity index is 345. The van der Waals surface area contributed by atoms with Crippen molar-refractivity contribution in [1.82, 2.24) is 5.32 Å². The molecule has 2 unspecified atom stereocenters. The lowest BCUT2D eigenvalue weighted by Gasteiger charge is -2.30. The lowest BCUT2D eigenvalue weighted by Crippen LogP contribution is -2.39. The normalized spacial score (nSPS) is 23.3. The Morgan fingerprint density at radius 3 is 2.75 bits per heavy atom. The van der Waals surface area contributed by atoms with Gasteiger partial charge in [0.2, 0.25) is 0 Å². The summed E-state index contributed by atoms with van der Waals surface area (Å²) in [6.45, 7) is 6.41. The first-order valence-corrected chi connectivity index (χ1v) is 6.47. The van der Waals surface area contributed by atoms with E-state index in [4.69, 9.17) is 9.47 Å². The fourth-order valence-electron chi connectivity index (χ4n) is 2.15. The molecule has 90 valence electrons. The maximum atomic E-state index is 5.77. The average Bonchev–Trinajstić information content (AvgIpc) is 2.61. The molecule has 1 aromatic rings. The minimum Gasteiger partial charge on any atom is -0.376 e. The number of hydrogen-bond acceptors (Lipinski definition) is 4. The topological polar surface area (TPSA) is 30.5 Å². The van der Waals surface area contributed by atoms with Gasteiger partial charge in [0.15, 0.2) is 0 Å². The third-order valence-corrected chi connectivity index (χ3v) is 4.12. The van der Waals surface area contributed by atoms with Gasteiger partial charge in [-0.25, -0.2) is 0 Å². The molecule has 1 aliphatic rings. The molecule has 0 amide bonds. The molecule has 0 aromatic carbocycles. The van der Waals surface area contributed by atoms with Crippen LogP contribution in [-0.4, -0.2) is 33.0 Å². The van der Waals surface area contributed by atoms with E-state index in [1.807, 2.05) is 18.4 Å². The van der Waals surface area contributed by atoms with Crippen LogP contribution in [0.15, 0.2) is 6.07 Å². The Morgan fingerprint density at radius 1 is 1.44 bits per heavy atom. The van der Waals surface area contributed by atoms with Gasteiger partial charge in [-0.3, -0.25) is 0 Å². The van der Waals surface area contributed by atoms with Gasteiger partial charge >= 0.3 is 0 Å². The molecule has 1 aliphatic heterocycles. The second-order valence-electron chi connectivity index (χ2n) is 4.15. The van der Waals surface area contributed by atoms with E-state index < -0.39 is 0 Å². The number of rotatable bonds is 3. The summed E-state index contributed by atoms with van der Waals surface area (Å²) in [6.07, 6.45) is 0.135. The molecule has 1 N–H and O–H groups in total. The van der Waals surface area contributed by atoms with Gasteiger partial charge in [-0.05, 0) is 32.5 Å². The Morgan fingerprint density at radius 2 is 2.25 bits per heavy atom. The molecule has 0 bridgehead atoms. The number of aryl methyl sites for hydroxylation is 2. The van der Waals surface area contributed by atoms with Crippen LogP contribution in [0.1, 0.15) is 21.4 Å². The summed E-state index contributed by atoms with van der Waals surface area (Å²) < 4.78 is 11.2. The van der Waals surface area contributed by atoms with Crippen molar-refractivity contribution < 1.29 is 9.47 Å². The number of nitrogens with one attached hydrogen (secondary N) is 1. The Labute approximate surface area is 101 Å². The van der Waals surface area contributed by atoms with Crippen LogP contribution in [0.3, 0.4) is 0 Å². The van der Waals surface area contributed by atoms with Crippen molar-refractivity contribution in [3.05, 3.63) is 21.4 Å². The zero-order valence-electron chi connectivity index (χ0n) is 10.1. The van der Waals surface area contributed by atoms with E-state index in [1.165, 1.54) is 15.3 Å². The van der Waals surface area contributed by atoms with Gasteiger partial charge in [-0.2, -0.15) is 0 Å². The van der Waals surface area contributed by atoms with Gasteiger partial charge in [0.1, 0.15) is 6.10 Å². The van der Waals surface area contributed by atoms with Gasteiger partial charge in [-0.1, -0.05) is 0 Å². The van der Waals surface area contributed by atoms with Crippen molar-refractivity contribution in [2.24, 2.45) is 0 Å². The van der Waals surface area contributed by atoms with E-state index in [0.29, 0.717) is 13.2 Å². The highest BCUT2D eigenvalue weighted by Crippen LogP contribution is 2.31. The zero-order chi connectivity index (χ0) is 11.5. The first-order chi connectivity index (χ1) is 7.72. The van der Waals surface area contributed by atoms with Crippen LogP contribution in [0.4, 0.5) is 0 Å². The van der Waals surface area contributed by atoms with Gasteiger partial charge < -0.3 is 14.8 Å². The second kappa shape index (κ2) is 5.27. The highest BCUT2D eigenvalue weighted by molar-refractivity contribution is 7.12. The summed E-state index contributed by atoms with van der Waals surface area (Å²) in [5.74, 6) is 0. The van der Waals surface area contributed by atoms with Crippen LogP contribution in [0.25, 0.3) is 0 Å². The molecule has 0 spiro atoms. The maximum Gasteiger partial charge on any atom is 0.101 e. The Hall–Kier alpha value is -0.420. The molecule has 4 heteroatoms. The summed E-state index contributed by atoms with van der Waals surface area (Å²) in [5, 5.41) is 3.35. The van der Waals surface area contributed by atoms with Crippen LogP contribution < -0.4 is 5.32 Å². The van der Waals surface area contributed by atoms with E-state index in [2.05, 4.69) is 25.2 Å². The van der Waals surface area contributed by atoms with E-state index in [9.17, 15) is 0 Å². The van der Waals surface area contributed by atoms with Gasteiger partial charge in [0, 0.05) is 9.75 Å². The smallest absolute Gasteiger partial charge is 0.101 e. The largest absolute Gasteiger partial charge is 0.376 e. The van der Waals surface area contributed by atoms with Crippen molar-refractivity contribution in [2.45, 2.75) is 26.0 Å². The number of likely N-dealkylation sites (N-methyl/N-ethyl adjacent to an activating group) is 1. The van der Waals surface area contributed by atoms with Gasteiger partial charge in [-0.15, -0.1) is 11.3 Å². The first-order valence-electron chi connectivity index (χ1n) is 5.66. The standard InChI is InChI=1S/C12H19NO2S/c1-8-6-9(2)16-12(8)11(13-3)10-7-14-4-5-15-10/h6,10-11,13H,4-5,7H2,1-3H3. The molecular formula is C12H19NO2S. The average molecular weight is 241 g/mol. The van der Waals surface area contributed by atoms with Crippen LogP contribution in [0.5, 0.6) is 0 Å². The molecule has 2 heterocycles. The Kier molecular flexibility index (Phi) is 3.97.